The third-order valence-corrected chi connectivity index (χ3v) is 4.40. The van der Waals surface area contributed by atoms with Crippen molar-refractivity contribution in [2.75, 3.05) is 9.83 Å². The van der Waals surface area contributed by atoms with Crippen LogP contribution in [0, 0.1) is 18.3 Å². The molecule has 29 heavy (non-hydrogen) atoms. The molecule has 1 aliphatic rings. The van der Waals surface area contributed by atoms with E-state index in [0.29, 0.717) is 17.4 Å². The molecule has 0 saturated heterocycles. The van der Waals surface area contributed by atoms with E-state index in [1.807, 2.05) is 77.4 Å². The van der Waals surface area contributed by atoms with Gasteiger partial charge >= 0.3 is 0 Å². The lowest BCUT2D eigenvalue weighted by Crippen LogP contribution is -2.42. The Morgan fingerprint density at radius 1 is 0.897 bits per heavy atom. The summed E-state index contributed by atoms with van der Waals surface area (Å²) in [5, 5.41) is 9.08. The minimum absolute atomic E-state index is 0.329. The van der Waals surface area contributed by atoms with Crippen molar-refractivity contribution in [3.63, 3.8) is 0 Å². The van der Waals surface area contributed by atoms with E-state index >= 15 is 0 Å². The highest BCUT2D eigenvalue weighted by atomic mass is 127. The molecule has 1 aliphatic heterocycles. The molecular weight excluding hydrogens is 473 g/mol. The number of hydrogen-bond acceptors (Lipinski definition) is 5. The third kappa shape index (κ3) is 4.30. The third-order valence-electron chi connectivity index (χ3n) is 4.40. The number of halogens is 1. The highest BCUT2D eigenvalue weighted by Gasteiger charge is 2.23. The van der Waals surface area contributed by atoms with Crippen LogP contribution in [0.1, 0.15) is 16.7 Å². The van der Waals surface area contributed by atoms with E-state index in [9.17, 15) is 0 Å². The number of nitrogens with two attached hydrogens (primary N) is 1. The molecule has 0 radical (unpaired) electrons. The van der Waals surface area contributed by atoms with Gasteiger partial charge in [0.1, 0.15) is 5.84 Å². The molecule has 3 aromatic rings. The predicted molar refractivity (Wildman–Crippen MR) is 129 cm³/mol. The number of aryl methyl sites for hydroxylation is 1. The molecule has 4 rings (SSSR count). The molecule has 0 bridgehead atoms. The van der Waals surface area contributed by atoms with Crippen LogP contribution in [-0.4, -0.2) is 16.7 Å². The summed E-state index contributed by atoms with van der Waals surface area (Å²) >= 11 is 2.15. The number of benzene rings is 3. The summed E-state index contributed by atoms with van der Waals surface area (Å²) in [7, 11) is 0. The van der Waals surface area contributed by atoms with Crippen molar-refractivity contribution in [1.82, 2.24) is 0 Å². The SMILES string of the molecule is CI.Cc1cccc2c1N=C(N)N(c1ccc(C#N)cc1)C(c1ccccc1)=N2. The summed E-state index contributed by atoms with van der Waals surface area (Å²) in [5.74, 6) is 1.02. The standard InChI is InChI=1S/C22H17N5.CH3I/c1-15-6-5-9-19-20(15)26-22(24)27(18-12-10-16(14-23)11-13-18)21(25-19)17-7-3-2-4-8-17;1-2/h2-13H,1H3,(H2,24,26);1H3. The summed E-state index contributed by atoms with van der Waals surface area (Å²) in [6.07, 6.45) is 0. The van der Waals surface area contributed by atoms with Crippen molar-refractivity contribution >= 4 is 51.4 Å². The van der Waals surface area contributed by atoms with Crippen molar-refractivity contribution in [2.24, 2.45) is 15.7 Å². The summed E-state index contributed by atoms with van der Waals surface area (Å²) in [6, 6.07) is 25.1. The van der Waals surface area contributed by atoms with Gasteiger partial charge in [-0.05, 0) is 47.7 Å². The molecule has 0 aromatic heterocycles. The highest BCUT2D eigenvalue weighted by molar-refractivity contribution is 14.1. The molecular formula is C23H20IN5. The number of anilines is 1. The van der Waals surface area contributed by atoms with Gasteiger partial charge in [0.2, 0.25) is 5.96 Å². The molecule has 0 fully saturated rings. The van der Waals surface area contributed by atoms with Crippen LogP contribution in [0.4, 0.5) is 17.1 Å². The minimum atomic E-state index is 0.329. The Hall–Kier alpha value is -3.18. The van der Waals surface area contributed by atoms with Crippen LogP contribution in [0.25, 0.3) is 0 Å². The van der Waals surface area contributed by atoms with E-state index in [1.165, 1.54) is 0 Å². The van der Waals surface area contributed by atoms with Gasteiger partial charge < -0.3 is 5.73 Å². The number of rotatable bonds is 2. The molecule has 5 nitrogen and oxygen atoms in total. The van der Waals surface area contributed by atoms with Crippen LogP contribution >= 0.6 is 22.6 Å². The van der Waals surface area contributed by atoms with Gasteiger partial charge in [0, 0.05) is 5.56 Å². The summed E-state index contributed by atoms with van der Waals surface area (Å²) < 4.78 is 0. The molecule has 0 aliphatic carbocycles. The zero-order chi connectivity index (χ0) is 20.8. The van der Waals surface area contributed by atoms with E-state index in [2.05, 4.69) is 33.7 Å². The molecule has 2 N–H and O–H groups in total. The van der Waals surface area contributed by atoms with Crippen molar-refractivity contribution < 1.29 is 0 Å². The maximum Gasteiger partial charge on any atom is 0.207 e. The minimum Gasteiger partial charge on any atom is -0.369 e. The van der Waals surface area contributed by atoms with Crippen LogP contribution in [0.2, 0.25) is 0 Å². The summed E-state index contributed by atoms with van der Waals surface area (Å²) in [6.45, 7) is 1.99. The Bertz CT molecular complexity index is 1100. The van der Waals surface area contributed by atoms with Crippen molar-refractivity contribution in [3.05, 3.63) is 89.5 Å². The van der Waals surface area contributed by atoms with E-state index in [4.69, 9.17) is 16.0 Å². The lowest BCUT2D eigenvalue weighted by atomic mass is 10.1. The molecule has 0 saturated carbocycles. The molecule has 1 heterocycles. The second-order valence-corrected chi connectivity index (χ2v) is 6.21. The summed E-state index contributed by atoms with van der Waals surface area (Å²) in [4.78, 5) is 13.3. The maximum atomic E-state index is 9.08. The summed E-state index contributed by atoms with van der Waals surface area (Å²) in [5.41, 5.74) is 11.3. The van der Waals surface area contributed by atoms with Gasteiger partial charge in [-0.1, -0.05) is 65.1 Å². The van der Waals surface area contributed by atoms with E-state index in [1.54, 1.807) is 12.1 Å². The quantitative estimate of drug-likeness (QED) is 0.380. The second-order valence-electron chi connectivity index (χ2n) is 6.21. The normalized spacial score (nSPS) is 12.4. The lowest BCUT2D eigenvalue weighted by Gasteiger charge is -2.24. The first kappa shape index (κ1) is 20.6. The Morgan fingerprint density at radius 2 is 1.59 bits per heavy atom. The van der Waals surface area contributed by atoms with E-state index in [-0.39, 0.29) is 0 Å². The number of guanidine groups is 1. The van der Waals surface area contributed by atoms with Gasteiger partial charge in [-0.2, -0.15) is 5.26 Å². The first-order chi connectivity index (χ1) is 14.2. The first-order valence-corrected chi connectivity index (χ1v) is 11.1. The van der Waals surface area contributed by atoms with Gasteiger partial charge in [0.15, 0.2) is 0 Å². The van der Waals surface area contributed by atoms with E-state index in [0.717, 1.165) is 28.2 Å². The average Bonchev–Trinajstić information content (AvgIpc) is 2.93. The fourth-order valence-electron chi connectivity index (χ4n) is 3.04. The van der Waals surface area contributed by atoms with Crippen LogP contribution in [0.3, 0.4) is 0 Å². The number of amidine groups is 1. The molecule has 0 unspecified atom stereocenters. The Balaban J connectivity index is 0.00000117. The zero-order valence-electron chi connectivity index (χ0n) is 16.2. The van der Waals surface area contributed by atoms with Crippen LogP contribution in [-0.2, 0) is 0 Å². The Morgan fingerprint density at radius 3 is 2.24 bits per heavy atom. The van der Waals surface area contributed by atoms with E-state index < -0.39 is 0 Å². The number of fused-ring (bicyclic) bond motifs is 1. The maximum absolute atomic E-state index is 9.08. The predicted octanol–water partition coefficient (Wildman–Crippen LogP) is 5.46. The van der Waals surface area contributed by atoms with Crippen LogP contribution in [0.15, 0.2) is 82.8 Å². The van der Waals surface area contributed by atoms with Gasteiger partial charge in [-0.3, -0.25) is 4.90 Å². The van der Waals surface area contributed by atoms with Crippen LogP contribution in [0.5, 0.6) is 0 Å². The van der Waals surface area contributed by atoms with Crippen LogP contribution < -0.4 is 10.6 Å². The monoisotopic (exact) mass is 493 g/mol. The van der Waals surface area contributed by atoms with Crippen molar-refractivity contribution in [1.29, 1.82) is 5.26 Å². The fourth-order valence-corrected chi connectivity index (χ4v) is 3.04. The molecule has 144 valence electrons. The van der Waals surface area contributed by atoms with Crippen molar-refractivity contribution in [3.8, 4) is 6.07 Å². The lowest BCUT2D eigenvalue weighted by molar-refractivity contribution is 1.32. The van der Waals surface area contributed by atoms with Gasteiger partial charge in [0.25, 0.3) is 0 Å². The Kier molecular flexibility index (Phi) is 6.62. The zero-order valence-corrected chi connectivity index (χ0v) is 18.3. The van der Waals surface area contributed by atoms with Gasteiger partial charge in [-0.15, -0.1) is 0 Å². The molecule has 0 spiro atoms. The van der Waals surface area contributed by atoms with Gasteiger partial charge in [-0.25, -0.2) is 9.98 Å². The fraction of sp³-hybridized carbons (Fsp3) is 0.0870. The molecule has 6 heteroatoms. The number of para-hydroxylation sites is 1. The second kappa shape index (κ2) is 9.34. The van der Waals surface area contributed by atoms with Gasteiger partial charge in [0.05, 0.1) is 28.7 Å². The molecule has 0 amide bonds. The number of hydrogen-bond donors (Lipinski definition) is 1. The topological polar surface area (TPSA) is 77.8 Å². The number of alkyl halides is 1. The number of nitrogens with zero attached hydrogens (tertiary/aromatic N) is 4. The largest absolute Gasteiger partial charge is 0.369 e. The molecule has 3 aromatic carbocycles. The van der Waals surface area contributed by atoms with Crippen molar-refractivity contribution in [2.45, 2.75) is 6.92 Å². The molecule has 0 atom stereocenters. The number of nitriles is 1. The Labute approximate surface area is 184 Å². The smallest absolute Gasteiger partial charge is 0.207 e. The average molecular weight is 493 g/mol. The number of aliphatic imine (C=N–C) groups is 2. The first-order valence-electron chi connectivity index (χ1n) is 8.93. The highest BCUT2D eigenvalue weighted by Crippen LogP contribution is 2.35.